The Morgan fingerprint density at radius 1 is 1.24 bits per heavy atom. The zero-order valence-electron chi connectivity index (χ0n) is 12.9. The van der Waals surface area contributed by atoms with Gasteiger partial charge >= 0.3 is 0 Å². The third kappa shape index (κ3) is 4.18. The Bertz CT molecular complexity index is 950. The fourth-order valence-corrected chi connectivity index (χ4v) is 2.91. The molecule has 0 aliphatic carbocycles. The van der Waals surface area contributed by atoms with Crippen LogP contribution in [0.2, 0.25) is 5.02 Å². The second-order valence-electron chi connectivity index (χ2n) is 4.94. The molecule has 0 aliphatic rings. The molecule has 3 aromatic rings. The number of nitriles is 1. The van der Waals surface area contributed by atoms with Crippen molar-refractivity contribution in [3.63, 3.8) is 0 Å². The Morgan fingerprint density at radius 3 is 2.80 bits per heavy atom. The summed E-state index contributed by atoms with van der Waals surface area (Å²) in [5, 5.41) is 19.7. The molecule has 0 radical (unpaired) electrons. The molecule has 6 nitrogen and oxygen atoms in total. The molecule has 2 N–H and O–H groups in total. The van der Waals surface area contributed by atoms with E-state index >= 15 is 0 Å². The Kier molecular flexibility index (Phi) is 5.33. The number of aromatic amines is 1. The number of benzene rings is 2. The molecule has 25 heavy (non-hydrogen) atoms. The molecule has 1 heterocycles. The molecule has 0 unspecified atom stereocenters. The lowest BCUT2D eigenvalue weighted by atomic mass is 10.2. The molecule has 0 fully saturated rings. The maximum absolute atomic E-state index is 12.1. The number of H-pyrrole nitrogens is 1. The van der Waals surface area contributed by atoms with Gasteiger partial charge < -0.3 is 5.32 Å². The molecule has 3 rings (SSSR count). The van der Waals surface area contributed by atoms with Gasteiger partial charge in [0.2, 0.25) is 11.1 Å². The van der Waals surface area contributed by atoms with Crippen molar-refractivity contribution in [3.8, 4) is 17.5 Å². The van der Waals surface area contributed by atoms with Crippen LogP contribution in [-0.4, -0.2) is 26.8 Å². The van der Waals surface area contributed by atoms with Crippen LogP contribution in [0.1, 0.15) is 5.56 Å². The van der Waals surface area contributed by atoms with Gasteiger partial charge in [0.1, 0.15) is 6.07 Å². The Labute approximate surface area is 153 Å². The SMILES string of the molecule is N#Cc1ccccc1NC(=O)CSc1n[nH]c(-c2ccccc2Cl)n1. The van der Waals surface area contributed by atoms with Crippen molar-refractivity contribution in [1.82, 2.24) is 15.2 Å². The van der Waals surface area contributed by atoms with Gasteiger partial charge in [0.25, 0.3) is 0 Å². The summed E-state index contributed by atoms with van der Waals surface area (Å²) in [6, 6.07) is 16.2. The minimum absolute atomic E-state index is 0.125. The van der Waals surface area contributed by atoms with E-state index in [2.05, 4.69) is 20.5 Å². The number of para-hydroxylation sites is 1. The van der Waals surface area contributed by atoms with Crippen molar-refractivity contribution in [3.05, 3.63) is 59.1 Å². The Hall–Kier alpha value is -2.82. The highest BCUT2D eigenvalue weighted by atomic mass is 35.5. The van der Waals surface area contributed by atoms with Gasteiger partial charge in [-0.25, -0.2) is 4.98 Å². The highest BCUT2D eigenvalue weighted by Crippen LogP contribution is 2.26. The van der Waals surface area contributed by atoms with E-state index in [0.717, 1.165) is 5.56 Å². The Morgan fingerprint density at radius 2 is 2.00 bits per heavy atom. The summed E-state index contributed by atoms with van der Waals surface area (Å²) in [6.45, 7) is 0. The van der Waals surface area contributed by atoms with Gasteiger partial charge in [-0.15, -0.1) is 5.10 Å². The number of hydrogen-bond donors (Lipinski definition) is 2. The van der Waals surface area contributed by atoms with E-state index in [1.165, 1.54) is 11.8 Å². The van der Waals surface area contributed by atoms with Crippen molar-refractivity contribution >= 4 is 35.0 Å². The molecule has 0 saturated carbocycles. The molecule has 0 bridgehead atoms. The zero-order valence-corrected chi connectivity index (χ0v) is 14.4. The second-order valence-corrected chi connectivity index (χ2v) is 6.29. The van der Waals surface area contributed by atoms with Gasteiger partial charge in [-0.3, -0.25) is 9.89 Å². The van der Waals surface area contributed by atoms with Crippen LogP contribution >= 0.6 is 23.4 Å². The largest absolute Gasteiger partial charge is 0.324 e. The van der Waals surface area contributed by atoms with Crippen molar-refractivity contribution < 1.29 is 4.79 Å². The predicted molar refractivity (Wildman–Crippen MR) is 97.3 cm³/mol. The maximum atomic E-state index is 12.1. The van der Waals surface area contributed by atoms with Gasteiger partial charge in [-0.1, -0.05) is 47.6 Å². The number of nitrogens with zero attached hydrogens (tertiary/aromatic N) is 3. The first-order valence-corrected chi connectivity index (χ1v) is 8.63. The molecule has 124 valence electrons. The van der Waals surface area contributed by atoms with Crippen LogP contribution in [0.5, 0.6) is 0 Å². The number of rotatable bonds is 5. The van der Waals surface area contributed by atoms with Crippen LogP contribution < -0.4 is 5.32 Å². The van der Waals surface area contributed by atoms with Crippen molar-refractivity contribution in [1.29, 1.82) is 5.26 Å². The summed E-state index contributed by atoms with van der Waals surface area (Å²) >= 11 is 7.32. The van der Waals surface area contributed by atoms with Crippen molar-refractivity contribution in [2.24, 2.45) is 0 Å². The van der Waals surface area contributed by atoms with Gasteiger partial charge in [-0.05, 0) is 24.3 Å². The number of aromatic nitrogens is 3. The normalized spacial score (nSPS) is 10.2. The second kappa shape index (κ2) is 7.83. The average molecular weight is 370 g/mol. The highest BCUT2D eigenvalue weighted by Gasteiger charge is 2.12. The van der Waals surface area contributed by atoms with E-state index in [9.17, 15) is 4.79 Å². The van der Waals surface area contributed by atoms with Crippen LogP contribution in [0.3, 0.4) is 0 Å². The van der Waals surface area contributed by atoms with Crippen molar-refractivity contribution in [2.45, 2.75) is 5.16 Å². The Balaban J connectivity index is 1.62. The van der Waals surface area contributed by atoms with Crippen LogP contribution in [0.15, 0.2) is 53.7 Å². The molecule has 0 aliphatic heterocycles. The molecular formula is C17H12ClN5OS. The molecule has 0 atom stereocenters. The number of nitrogens with one attached hydrogen (secondary N) is 2. The quantitative estimate of drug-likeness (QED) is 0.668. The standard InChI is InChI=1S/C17H12ClN5OS/c18-13-7-3-2-6-12(13)16-21-17(23-22-16)25-10-15(24)20-14-8-4-1-5-11(14)9-19/h1-8H,10H2,(H,20,24)(H,21,22,23). The maximum Gasteiger partial charge on any atom is 0.234 e. The lowest BCUT2D eigenvalue weighted by Gasteiger charge is -2.05. The topological polar surface area (TPSA) is 94.5 Å². The lowest BCUT2D eigenvalue weighted by molar-refractivity contribution is -0.113. The van der Waals surface area contributed by atoms with E-state index in [1.54, 1.807) is 30.3 Å². The van der Waals surface area contributed by atoms with E-state index in [4.69, 9.17) is 16.9 Å². The third-order valence-electron chi connectivity index (χ3n) is 3.25. The monoisotopic (exact) mass is 369 g/mol. The van der Waals surface area contributed by atoms with Crippen LogP contribution in [0.4, 0.5) is 5.69 Å². The summed E-state index contributed by atoms with van der Waals surface area (Å²) in [5.74, 6) is 0.430. The van der Waals surface area contributed by atoms with Gasteiger partial charge in [0.15, 0.2) is 5.82 Å². The van der Waals surface area contributed by atoms with Crippen LogP contribution in [-0.2, 0) is 4.79 Å². The van der Waals surface area contributed by atoms with E-state index in [1.807, 2.05) is 24.3 Å². The van der Waals surface area contributed by atoms with Crippen LogP contribution in [0.25, 0.3) is 11.4 Å². The first-order chi connectivity index (χ1) is 12.2. The minimum atomic E-state index is -0.239. The molecule has 8 heteroatoms. The van der Waals surface area contributed by atoms with Crippen LogP contribution in [0, 0.1) is 11.3 Å². The first-order valence-electron chi connectivity index (χ1n) is 7.26. The number of halogens is 1. The number of hydrogen-bond acceptors (Lipinski definition) is 5. The number of anilines is 1. The number of thioether (sulfide) groups is 1. The fourth-order valence-electron chi connectivity index (χ4n) is 2.09. The molecule has 1 amide bonds. The van der Waals surface area contributed by atoms with E-state index in [-0.39, 0.29) is 11.7 Å². The predicted octanol–water partition coefficient (Wildman–Crippen LogP) is 3.73. The number of amides is 1. The molecule has 2 aromatic carbocycles. The average Bonchev–Trinajstić information content (AvgIpc) is 3.09. The van der Waals surface area contributed by atoms with E-state index < -0.39 is 0 Å². The summed E-state index contributed by atoms with van der Waals surface area (Å²) in [6.07, 6.45) is 0. The summed E-state index contributed by atoms with van der Waals surface area (Å²) in [5.41, 5.74) is 1.65. The van der Waals surface area contributed by atoms with E-state index in [0.29, 0.717) is 27.3 Å². The summed E-state index contributed by atoms with van der Waals surface area (Å²) in [7, 11) is 0. The lowest BCUT2D eigenvalue weighted by Crippen LogP contribution is -2.15. The van der Waals surface area contributed by atoms with Crippen molar-refractivity contribution in [2.75, 3.05) is 11.1 Å². The van der Waals surface area contributed by atoms with Gasteiger partial charge in [-0.2, -0.15) is 5.26 Å². The molecular weight excluding hydrogens is 358 g/mol. The number of carbonyl (C=O) groups is 1. The fraction of sp³-hybridized carbons (Fsp3) is 0.0588. The highest BCUT2D eigenvalue weighted by molar-refractivity contribution is 7.99. The minimum Gasteiger partial charge on any atom is -0.324 e. The van der Waals surface area contributed by atoms with Gasteiger partial charge in [0, 0.05) is 5.56 Å². The molecule has 0 saturated heterocycles. The molecule has 0 spiro atoms. The number of carbonyl (C=O) groups excluding carboxylic acids is 1. The first kappa shape index (κ1) is 17.0. The third-order valence-corrected chi connectivity index (χ3v) is 4.42. The summed E-state index contributed by atoms with van der Waals surface area (Å²) < 4.78 is 0. The van der Waals surface area contributed by atoms with Gasteiger partial charge in [0.05, 0.1) is 22.0 Å². The zero-order chi connectivity index (χ0) is 17.6. The smallest absolute Gasteiger partial charge is 0.234 e. The summed E-state index contributed by atoms with van der Waals surface area (Å²) in [4.78, 5) is 16.4. The molecule has 1 aromatic heterocycles.